The Kier molecular flexibility index (Phi) is 5.32. The summed E-state index contributed by atoms with van der Waals surface area (Å²) in [5.74, 6) is 2.08. The summed E-state index contributed by atoms with van der Waals surface area (Å²) in [6.45, 7) is 4.37. The van der Waals surface area contributed by atoms with Gasteiger partial charge in [0.2, 0.25) is 11.8 Å². The Balaban J connectivity index is 2.06. The Morgan fingerprint density at radius 3 is 3.10 bits per heavy atom. The van der Waals surface area contributed by atoms with Crippen molar-refractivity contribution >= 4 is 11.7 Å². The number of piperidine rings is 1. The number of ether oxygens (including phenoxy) is 1. The van der Waals surface area contributed by atoms with Crippen LogP contribution in [0.1, 0.15) is 18.7 Å². The van der Waals surface area contributed by atoms with E-state index >= 15 is 0 Å². The SMILES string of the molecule is COc1cc(N2CCCC(C(=O)NCCN)C2)nc(C)n1. The highest BCUT2D eigenvalue weighted by Crippen LogP contribution is 2.24. The first-order chi connectivity index (χ1) is 10.1. The molecular weight excluding hydrogens is 270 g/mol. The van der Waals surface area contributed by atoms with Gasteiger partial charge in [-0.2, -0.15) is 4.98 Å². The Morgan fingerprint density at radius 1 is 1.57 bits per heavy atom. The zero-order valence-electron chi connectivity index (χ0n) is 12.6. The van der Waals surface area contributed by atoms with Crippen molar-refractivity contribution < 1.29 is 9.53 Å². The molecule has 1 unspecified atom stereocenters. The highest BCUT2D eigenvalue weighted by molar-refractivity contribution is 5.79. The van der Waals surface area contributed by atoms with E-state index in [0.717, 1.165) is 25.2 Å². The number of methoxy groups -OCH3 is 1. The lowest BCUT2D eigenvalue weighted by atomic mass is 9.97. The standard InChI is InChI=1S/C14H23N5O2/c1-10-17-12(8-13(18-10)21-2)19-7-3-4-11(9-19)14(20)16-6-5-15/h8,11H,3-7,9,15H2,1-2H3,(H,16,20). The molecule has 7 nitrogen and oxygen atoms in total. The normalized spacial score (nSPS) is 18.4. The van der Waals surface area contributed by atoms with E-state index < -0.39 is 0 Å². The highest BCUT2D eigenvalue weighted by Gasteiger charge is 2.26. The summed E-state index contributed by atoms with van der Waals surface area (Å²) >= 11 is 0. The number of carbonyl (C=O) groups excluding carboxylic acids is 1. The van der Waals surface area contributed by atoms with E-state index in [1.807, 2.05) is 13.0 Å². The summed E-state index contributed by atoms with van der Waals surface area (Å²) in [5.41, 5.74) is 5.42. The van der Waals surface area contributed by atoms with Gasteiger partial charge < -0.3 is 20.7 Å². The van der Waals surface area contributed by atoms with Crippen LogP contribution in [-0.2, 0) is 4.79 Å². The molecule has 2 heterocycles. The summed E-state index contributed by atoms with van der Waals surface area (Å²) in [4.78, 5) is 22.8. The molecule has 1 aromatic rings. The first-order valence-corrected chi connectivity index (χ1v) is 7.26. The minimum atomic E-state index is -0.0217. The van der Waals surface area contributed by atoms with E-state index in [1.54, 1.807) is 7.11 Å². The lowest BCUT2D eigenvalue weighted by Crippen LogP contribution is -2.44. The van der Waals surface area contributed by atoms with Gasteiger partial charge in [0.1, 0.15) is 11.6 Å². The van der Waals surface area contributed by atoms with Gasteiger partial charge in [-0.05, 0) is 19.8 Å². The predicted molar refractivity (Wildman–Crippen MR) is 80.3 cm³/mol. The Morgan fingerprint density at radius 2 is 2.38 bits per heavy atom. The van der Waals surface area contributed by atoms with Crippen molar-refractivity contribution in [3.8, 4) is 5.88 Å². The summed E-state index contributed by atoms with van der Waals surface area (Å²) in [7, 11) is 1.59. The third-order valence-electron chi connectivity index (χ3n) is 3.57. The lowest BCUT2D eigenvalue weighted by Gasteiger charge is -2.33. The zero-order valence-corrected chi connectivity index (χ0v) is 12.6. The molecule has 1 atom stereocenters. The number of hydrogen-bond acceptors (Lipinski definition) is 6. The van der Waals surface area contributed by atoms with Crippen LogP contribution in [0.25, 0.3) is 0 Å². The van der Waals surface area contributed by atoms with E-state index in [1.165, 1.54) is 0 Å². The van der Waals surface area contributed by atoms with Crippen LogP contribution in [0.3, 0.4) is 0 Å². The van der Waals surface area contributed by atoms with Crippen LogP contribution in [0.15, 0.2) is 6.07 Å². The van der Waals surface area contributed by atoms with Crippen molar-refractivity contribution in [3.63, 3.8) is 0 Å². The average molecular weight is 293 g/mol. The number of carbonyl (C=O) groups is 1. The van der Waals surface area contributed by atoms with Crippen LogP contribution in [0.5, 0.6) is 5.88 Å². The summed E-state index contributed by atoms with van der Waals surface area (Å²) in [6.07, 6.45) is 1.86. The number of nitrogens with one attached hydrogen (secondary N) is 1. The minimum absolute atomic E-state index is 0.0217. The summed E-state index contributed by atoms with van der Waals surface area (Å²) in [5, 5.41) is 2.86. The third kappa shape index (κ3) is 4.04. The molecule has 0 saturated carbocycles. The van der Waals surface area contributed by atoms with E-state index in [0.29, 0.717) is 31.3 Å². The average Bonchev–Trinajstić information content (AvgIpc) is 2.52. The second-order valence-electron chi connectivity index (χ2n) is 5.18. The fraction of sp³-hybridized carbons (Fsp3) is 0.643. The number of amides is 1. The van der Waals surface area contributed by atoms with Crippen molar-refractivity contribution in [2.45, 2.75) is 19.8 Å². The molecule has 116 valence electrons. The van der Waals surface area contributed by atoms with Crippen molar-refractivity contribution in [2.24, 2.45) is 11.7 Å². The highest BCUT2D eigenvalue weighted by atomic mass is 16.5. The van der Waals surface area contributed by atoms with Gasteiger partial charge in [-0.1, -0.05) is 0 Å². The molecule has 1 amide bonds. The molecule has 0 spiro atoms. The number of anilines is 1. The molecule has 1 aliphatic heterocycles. The Hall–Kier alpha value is -1.89. The molecule has 2 rings (SSSR count). The molecule has 0 aliphatic carbocycles. The van der Waals surface area contributed by atoms with Crippen molar-refractivity contribution in [3.05, 3.63) is 11.9 Å². The summed E-state index contributed by atoms with van der Waals surface area (Å²) in [6, 6.07) is 1.81. The number of nitrogens with zero attached hydrogens (tertiary/aromatic N) is 3. The van der Waals surface area contributed by atoms with Crippen molar-refractivity contribution in [2.75, 3.05) is 38.2 Å². The first-order valence-electron chi connectivity index (χ1n) is 7.26. The monoisotopic (exact) mass is 293 g/mol. The van der Waals surface area contributed by atoms with Gasteiger partial charge in [0.05, 0.1) is 13.0 Å². The molecule has 1 aromatic heterocycles. The molecular formula is C14H23N5O2. The van der Waals surface area contributed by atoms with E-state index in [-0.39, 0.29) is 11.8 Å². The van der Waals surface area contributed by atoms with Crippen LogP contribution in [0, 0.1) is 12.8 Å². The smallest absolute Gasteiger partial charge is 0.224 e. The van der Waals surface area contributed by atoms with Crippen LogP contribution in [0.4, 0.5) is 5.82 Å². The molecule has 1 fully saturated rings. The molecule has 3 N–H and O–H groups in total. The molecule has 21 heavy (non-hydrogen) atoms. The van der Waals surface area contributed by atoms with E-state index in [2.05, 4.69) is 20.2 Å². The van der Waals surface area contributed by atoms with Gasteiger partial charge in [-0.3, -0.25) is 4.79 Å². The maximum atomic E-state index is 12.1. The maximum Gasteiger partial charge on any atom is 0.224 e. The lowest BCUT2D eigenvalue weighted by molar-refractivity contribution is -0.125. The van der Waals surface area contributed by atoms with Gasteiger partial charge in [0, 0.05) is 32.2 Å². The van der Waals surface area contributed by atoms with Gasteiger partial charge in [0.25, 0.3) is 0 Å². The van der Waals surface area contributed by atoms with Crippen LogP contribution < -0.4 is 20.7 Å². The quantitative estimate of drug-likeness (QED) is 0.799. The molecule has 1 saturated heterocycles. The fourth-order valence-electron chi connectivity index (χ4n) is 2.53. The summed E-state index contributed by atoms with van der Waals surface area (Å²) < 4.78 is 5.18. The zero-order chi connectivity index (χ0) is 15.2. The van der Waals surface area contributed by atoms with E-state index in [9.17, 15) is 4.79 Å². The minimum Gasteiger partial charge on any atom is -0.481 e. The Bertz CT molecular complexity index is 494. The second-order valence-corrected chi connectivity index (χ2v) is 5.18. The van der Waals surface area contributed by atoms with Crippen LogP contribution >= 0.6 is 0 Å². The number of aromatic nitrogens is 2. The molecule has 0 bridgehead atoms. The molecule has 7 heteroatoms. The number of rotatable bonds is 5. The third-order valence-corrected chi connectivity index (χ3v) is 3.57. The molecule has 0 aromatic carbocycles. The first kappa shape index (κ1) is 15.5. The predicted octanol–water partition coefficient (Wildman–Crippen LogP) is 0.0849. The second kappa shape index (κ2) is 7.21. The van der Waals surface area contributed by atoms with Gasteiger partial charge in [-0.15, -0.1) is 0 Å². The van der Waals surface area contributed by atoms with Gasteiger partial charge in [-0.25, -0.2) is 4.98 Å². The van der Waals surface area contributed by atoms with Crippen molar-refractivity contribution in [1.29, 1.82) is 0 Å². The largest absolute Gasteiger partial charge is 0.481 e. The Labute approximate surface area is 124 Å². The number of hydrogen-bond donors (Lipinski definition) is 2. The van der Waals surface area contributed by atoms with Gasteiger partial charge in [0.15, 0.2) is 0 Å². The van der Waals surface area contributed by atoms with Crippen LogP contribution in [0.2, 0.25) is 0 Å². The fourth-order valence-corrected chi connectivity index (χ4v) is 2.53. The molecule has 0 radical (unpaired) electrons. The number of aryl methyl sites for hydroxylation is 1. The maximum absolute atomic E-state index is 12.1. The van der Waals surface area contributed by atoms with Crippen LogP contribution in [-0.4, -0.2) is 49.2 Å². The topological polar surface area (TPSA) is 93.4 Å². The van der Waals surface area contributed by atoms with Gasteiger partial charge >= 0.3 is 0 Å². The molecule has 1 aliphatic rings. The number of nitrogens with two attached hydrogens (primary N) is 1. The van der Waals surface area contributed by atoms with Crippen molar-refractivity contribution in [1.82, 2.24) is 15.3 Å². The van der Waals surface area contributed by atoms with E-state index in [4.69, 9.17) is 10.5 Å².